The van der Waals surface area contributed by atoms with Crippen molar-refractivity contribution < 1.29 is 9.47 Å². The van der Waals surface area contributed by atoms with Crippen molar-refractivity contribution in [2.24, 2.45) is 0 Å². The van der Waals surface area contributed by atoms with Gasteiger partial charge >= 0.3 is 0 Å². The molecule has 0 aliphatic heterocycles. The second kappa shape index (κ2) is 7.60. The first-order valence-corrected chi connectivity index (χ1v) is 10.2. The van der Waals surface area contributed by atoms with Gasteiger partial charge < -0.3 is 9.47 Å². The Kier molecular flexibility index (Phi) is 4.64. The summed E-state index contributed by atoms with van der Waals surface area (Å²) in [6.07, 6.45) is -0.205. The van der Waals surface area contributed by atoms with Gasteiger partial charge in [0.2, 0.25) is 10.8 Å². The number of methoxy groups -OCH3 is 1. The predicted molar refractivity (Wildman–Crippen MR) is 114 cm³/mol. The summed E-state index contributed by atoms with van der Waals surface area (Å²) in [5.74, 6) is 2.20. The molecule has 5 aromatic rings. The number of nitrogens with one attached hydrogen (secondary N) is 1. The normalized spacial score (nSPS) is 12.2. The lowest BCUT2D eigenvalue weighted by atomic mass is 10.1. The Labute approximate surface area is 176 Å². The first-order valence-electron chi connectivity index (χ1n) is 9.35. The molecular weight excluding hydrogens is 400 g/mol. The second-order valence-corrected chi connectivity index (χ2v) is 7.61. The maximum atomic E-state index is 5.98. The average Bonchev–Trinajstić information content (AvgIpc) is 3.50. The van der Waals surface area contributed by atoms with E-state index in [1.165, 1.54) is 11.3 Å². The van der Waals surface area contributed by atoms with Crippen LogP contribution in [0, 0.1) is 0 Å². The molecule has 0 spiro atoms. The van der Waals surface area contributed by atoms with E-state index in [9.17, 15) is 0 Å². The SMILES string of the molecule is COc1ccc(-c2cc(-c3nnc4sc(C(C)Oc5ccccc5)nn34)[nH]n2)cc1. The van der Waals surface area contributed by atoms with Gasteiger partial charge in [0.25, 0.3) is 0 Å². The lowest BCUT2D eigenvalue weighted by Gasteiger charge is -2.11. The van der Waals surface area contributed by atoms with Crippen molar-refractivity contribution in [3.05, 3.63) is 65.7 Å². The number of aromatic nitrogens is 6. The first-order chi connectivity index (χ1) is 14.7. The Bertz CT molecular complexity index is 1280. The zero-order valence-electron chi connectivity index (χ0n) is 16.3. The Balaban J connectivity index is 1.42. The fourth-order valence-corrected chi connectivity index (χ4v) is 3.88. The molecule has 0 saturated carbocycles. The maximum Gasteiger partial charge on any atom is 0.235 e. The van der Waals surface area contributed by atoms with E-state index in [0.717, 1.165) is 33.5 Å². The molecule has 0 amide bonds. The molecule has 0 saturated heterocycles. The van der Waals surface area contributed by atoms with Crippen LogP contribution in [0.3, 0.4) is 0 Å². The molecule has 9 heteroatoms. The summed E-state index contributed by atoms with van der Waals surface area (Å²) in [6, 6.07) is 19.3. The molecule has 0 bridgehead atoms. The van der Waals surface area contributed by atoms with Gasteiger partial charge in [-0.15, -0.1) is 10.2 Å². The highest BCUT2D eigenvalue weighted by atomic mass is 32.1. The molecule has 0 aliphatic carbocycles. The second-order valence-electron chi connectivity index (χ2n) is 6.63. The zero-order valence-corrected chi connectivity index (χ0v) is 17.1. The van der Waals surface area contributed by atoms with Crippen molar-refractivity contribution in [1.82, 2.24) is 30.0 Å². The van der Waals surface area contributed by atoms with Gasteiger partial charge in [-0.05, 0) is 49.4 Å². The van der Waals surface area contributed by atoms with E-state index < -0.39 is 0 Å². The quantitative estimate of drug-likeness (QED) is 0.440. The van der Waals surface area contributed by atoms with Gasteiger partial charge in [-0.1, -0.05) is 29.5 Å². The fourth-order valence-electron chi connectivity index (χ4n) is 3.06. The minimum atomic E-state index is -0.205. The number of nitrogens with zero attached hydrogens (tertiary/aromatic N) is 5. The molecule has 8 nitrogen and oxygen atoms in total. The minimum absolute atomic E-state index is 0.205. The van der Waals surface area contributed by atoms with E-state index in [4.69, 9.17) is 9.47 Å². The van der Waals surface area contributed by atoms with Crippen LogP contribution < -0.4 is 9.47 Å². The number of hydrogen-bond acceptors (Lipinski definition) is 7. The topological polar surface area (TPSA) is 90.2 Å². The molecule has 3 aromatic heterocycles. The summed E-state index contributed by atoms with van der Waals surface area (Å²) < 4.78 is 12.9. The largest absolute Gasteiger partial charge is 0.497 e. The molecule has 1 unspecified atom stereocenters. The van der Waals surface area contributed by atoms with Crippen molar-refractivity contribution in [1.29, 1.82) is 0 Å². The summed E-state index contributed by atoms with van der Waals surface area (Å²) in [4.78, 5) is 0.698. The highest BCUT2D eigenvalue weighted by molar-refractivity contribution is 7.16. The number of aromatic amines is 1. The van der Waals surface area contributed by atoms with Crippen LogP contribution in [0.15, 0.2) is 60.7 Å². The van der Waals surface area contributed by atoms with E-state index in [-0.39, 0.29) is 6.10 Å². The first kappa shape index (κ1) is 18.3. The van der Waals surface area contributed by atoms with Gasteiger partial charge in [0.15, 0.2) is 5.01 Å². The Morgan fingerprint density at radius 3 is 2.57 bits per heavy atom. The third kappa shape index (κ3) is 3.39. The molecule has 5 rings (SSSR count). The van der Waals surface area contributed by atoms with Crippen molar-refractivity contribution in [3.8, 4) is 34.3 Å². The van der Waals surface area contributed by atoms with Crippen LogP contribution in [-0.4, -0.2) is 37.1 Å². The predicted octanol–water partition coefficient (Wildman–Crippen LogP) is 4.39. The molecule has 1 N–H and O–H groups in total. The number of hydrogen-bond donors (Lipinski definition) is 1. The van der Waals surface area contributed by atoms with Crippen LogP contribution in [0.25, 0.3) is 27.7 Å². The Morgan fingerprint density at radius 1 is 1.00 bits per heavy atom. The monoisotopic (exact) mass is 418 g/mol. The molecule has 30 heavy (non-hydrogen) atoms. The number of rotatable bonds is 6. The van der Waals surface area contributed by atoms with E-state index in [0.29, 0.717) is 10.8 Å². The molecule has 2 aromatic carbocycles. The van der Waals surface area contributed by atoms with E-state index in [1.807, 2.05) is 67.6 Å². The summed E-state index contributed by atoms with van der Waals surface area (Å²) in [7, 11) is 1.64. The van der Waals surface area contributed by atoms with Crippen molar-refractivity contribution in [2.45, 2.75) is 13.0 Å². The summed E-state index contributed by atoms with van der Waals surface area (Å²) in [5, 5.41) is 21.5. The lowest BCUT2D eigenvalue weighted by Crippen LogP contribution is -2.03. The van der Waals surface area contributed by atoms with Gasteiger partial charge in [0.05, 0.1) is 12.8 Å². The number of fused-ring (bicyclic) bond motifs is 1. The smallest absolute Gasteiger partial charge is 0.235 e. The van der Waals surface area contributed by atoms with E-state index >= 15 is 0 Å². The van der Waals surface area contributed by atoms with Crippen LogP contribution in [-0.2, 0) is 0 Å². The third-order valence-corrected chi connectivity index (χ3v) is 5.67. The third-order valence-electron chi connectivity index (χ3n) is 4.61. The van der Waals surface area contributed by atoms with E-state index in [2.05, 4.69) is 25.5 Å². The fraction of sp³-hybridized carbons (Fsp3) is 0.143. The molecule has 3 heterocycles. The van der Waals surface area contributed by atoms with Crippen LogP contribution in [0.5, 0.6) is 11.5 Å². The number of benzene rings is 2. The van der Waals surface area contributed by atoms with Crippen molar-refractivity contribution in [3.63, 3.8) is 0 Å². The van der Waals surface area contributed by atoms with Crippen molar-refractivity contribution >= 4 is 16.3 Å². The highest BCUT2D eigenvalue weighted by Gasteiger charge is 2.19. The standard InChI is InChI=1S/C21H18N6O2S/c1-13(29-16-6-4-3-5-7-16)20-26-27-19(24-25-21(27)30-20)18-12-17(22-23-18)14-8-10-15(28-2)11-9-14/h3-13H,1-2H3,(H,22,23). The van der Waals surface area contributed by atoms with Crippen LogP contribution in [0.2, 0.25) is 0 Å². The lowest BCUT2D eigenvalue weighted by molar-refractivity contribution is 0.225. The van der Waals surface area contributed by atoms with Crippen LogP contribution in [0.1, 0.15) is 18.0 Å². The average molecular weight is 418 g/mol. The van der Waals surface area contributed by atoms with Gasteiger partial charge in [-0.25, -0.2) is 0 Å². The zero-order chi connectivity index (χ0) is 20.5. The van der Waals surface area contributed by atoms with Gasteiger partial charge in [0.1, 0.15) is 23.3 Å². The summed E-state index contributed by atoms with van der Waals surface area (Å²) in [6.45, 7) is 1.97. The molecule has 0 radical (unpaired) electrons. The molecule has 150 valence electrons. The van der Waals surface area contributed by atoms with Crippen LogP contribution in [0.4, 0.5) is 0 Å². The molecule has 1 atom stereocenters. The summed E-state index contributed by atoms with van der Waals surface area (Å²) in [5.41, 5.74) is 2.52. The number of ether oxygens (including phenoxy) is 2. The Morgan fingerprint density at radius 2 is 1.80 bits per heavy atom. The van der Waals surface area contributed by atoms with Gasteiger partial charge in [0, 0.05) is 5.56 Å². The summed E-state index contributed by atoms with van der Waals surface area (Å²) >= 11 is 1.45. The van der Waals surface area contributed by atoms with Crippen molar-refractivity contribution in [2.75, 3.05) is 7.11 Å². The van der Waals surface area contributed by atoms with Crippen LogP contribution >= 0.6 is 11.3 Å². The molecular formula is C21H18N6O2S. The number of H-pyrrole nitrogens is 1. The highest BCUT2D eigenvalue weighted by Crippen LogP contribution is 2.29. The maximum absolute atomic E-state index is 5.98. The molecule has 0 fully saturated rings. The minimum Gasteiger partial charge on any atom is -0.497 e. The molecule has 0 aliphatic rings. The van der Waals surface area contributed by atoms with E-state index in [1.54, 1.807) is 11.6 Å². The van der Waals surface area contributed by atoms with Gasteiger partial charge in [-0.3, -0.25) is 5.10 Å². The Hall–Kier alpha value is -3.72. The number of para-hydroxylation sites is 1. The van der Waals surface area contributed by atoms with Gasteiger partial charge in [-0.2, -0.15) is 14.7 Å².